The van der Waals surface area contributed by atoms with Crippen LogP contribution in [-0.4, -0.2) is 0 Å². The van der Waals surface area contributed by atoms with Gasteiger partial charge in [-0.15, -0.1) is 12.6 Å². The Hall–Kier alpha value is -2.69. The second kappa shape index (κ2) is 11.8. The Balaban J connectivity index is 1.49. The molecular formula is C32H28P2S. The minimum Gasteiger partial charge on any atom is -0.143 e. The van der Waals surface area contributed by atoms with Crippen LogP contribution < -0.4 is 21.2 Å². The lowest BCUT2D eigenvalue weighted by Crippen LogP contribution is -2.14. The van der Waals surface area contributed by atoms with E-state index in [9.17, 15) is 0 Å². The fourth-order valence-electron chi connectivity index (χ4n) is 4.34. The largest absolute Gasteiger partial charge is 0.143 e. The quantitative estimate of drug-likeness (QED) is 0.166. The molecule has 0 aliphatic carbocycles. The van der Waals surface area contributed by atoms with Gasteiger partial charge in [0.1, 0.15) is 0 Å². The van der Waals surface area contributed by atoms with Crippen LogP contribution >= 0.6 is 28.5 Å². The summed E-state index contributed by atoms with van der Waals surface area (Å²) >= 11 is 5.13. The van der Waals surface area contributed by atoms with Crippen molar-refractivity contribution in [1.82, 2.24) is 0 Å². The van der Waals surface area contributed by atoms with E-state index in [-0.39, 0.29) is 0 Å². The predicted molar refractivity (Wildman–Crippen MR) is 159 cm³/mol. The van der Waals surface area contributed by atoms with E-state index in [1.165, 1.54) is 32.3 Å². The van der Waals surface area contributed by atoms with Crippen LogP contribution in [0, 0.1) is 0 Å². The highest BCUT2D eigenvalue weighted by Gasteiger charge is 2.19. The van der Waals surface area contributed by atoms with E-state index >= 15 is 0 Å². The van der Waals surface area contributed by atoms with Crippen molar-refractivity contribution in [3.8, 4) is 0 Å². The van der Waals surface area contributed by atoms with Gasteiger partial charge in [-0.25, -0.2) is 0 Å². The van der Waals surface area contributed by atoms with Crippen molar-refractivity contribution in [2.75, 3.05) is 0 Å². The maximum Gasteiger partial charge on any atom is 0.0112 e. The van der Waals surface area contributed by atoms with Gasteiger partial charge in [-0.05, 0) is 48.2 Å². The molecule has 0 radical (unpaired) electrons. The molecule has 5 rings (SSSR count). The Kier molecular flexibility index (Phi) is 8.12. The first kappa shape index (κ1) is 24.0. The molecule has 172 valence electrons. The summed E-state index contributed by atoms with van der Waals surface area (Å²) in [6.45, 7) is 0. The van der Waals surface area contributed by atoms with Crippen LogP contribution in [0.1, 0.15) is 11.1 Å². The molecule has 5 aromatic carbocycles. The van der Waals surface area contributed by atoms with Gasteiger partial charge in [0, 0.05) is 17.2 Å². The van der Waals surface area contributed by atoms with Crippen LogP contribution in [0.2, 0.25) is 0 Å². The molecule has 5 aromatic rings. The molecular weight excluding hydrogens is 478 g/mol. The van der Waals surface area contributed by atoms with Crippen molar-refractivity contribution >= 4 is 49.7 Å². The van der Waals surface area contributed by atoms with E-state index in [1.807, 2.05) is 0 Å². The Morgan fingerprint density at radius 2 is 0.657 bits per heavy atom. The van der Waals surface area contributed by atoms with Crippen molar-refractivity contribution in [1.29, 1.82) is 0 Å². The second-order valence-corrected chi connectivity index (χ2v) is 13.3. The lowest BCUT2D eigenvalue weighted by Gasteiger charge is -2.23. The minimum atomic E-state index is -0.507. The Morgan fingerprint density at radius 3 is 0.943 bits per heavy atom. The first-order valence-electron chi connectivity index (χ1n) is 11.8. The summed E-state index contributed by atoms with van der Waals surface area (Å²) in [6.07, 6.45) is 1.98. The number of hydrogen-bond donors (Lipinski definition) is 1. The summed E-state index contributed by atoms with van der Waals surface area (Å²) in [7, 11) is -1.01. The van der Waals surface area contributed by atoms with Gasteiger partial charge >= 0.3 is 0 Å². The molecule has 0 bridgehead atoms. The SMILES string of the molecule is Sc1c(CP(c2ccccc2)c2ccccc2)cccc1CP(c1ccccc1)c1ccccc1. The monoisotopic (exact) mass is 506 g/mol. The van der Waals surface area contributed by atoms with E-state index < -0.39 is 15.8 Å². The zero-order chi connectivity index (χ0) is 23.9. The third-order valence-corrected chi connectivity index (χ3v) is 11.7. The average molecular weight is 507 g/mol. The molecule has 0 aromatic heterocycles. The van der Waals surface area contributed by atoms with E-state index in [4.69, 9.17) is 12.6 Å². The maximum absolute atomic E-state index is 5.13. The van der Waals surface area contributed by atoms with Gasteiger partial charge in [0.05, 0.1) is 0 Å². The zero-order valence-electron chi connectivity index (χ0n) is 19.5. The van der Waals surface area contributed by atoms with Crippen molar-refractivity contribution in [3.63, 3.8) is 0 Å². The summed E-state index contributed by atoms with van der Waals surface area (Å²) < 4.78 is 0. The smallest absolute Gasteiger partial charge is 0.0112 e. The normalized spacial score (nSPS) is 11.2. The van der Waals surface area contributed by atoms with E-state index in [0.29, 0.717) is 0 Å². The summed E-state index contributed by atoms with van der Waals surface area (Å²) in [5.41, 5.74) is 2.67. The van der Waals surface area contributed by atoms with Gasteiger partial charge in [0.15, 0.2) is 0 Å². The molecule has 0 N–H and O–H groups in total. The molecule has 3 heteroatoms. The molecule has 0 atom stereocenters. The van der Waals surface area contributed by atoms with Crippen LogP contribution in [0.3, 0.4) is 0 Å². The molecule has 0 amide bonds. The molecule has 0 spiro atoms. The third-order valence-electron chi connectivity index (χ3n) is 6.13. The highest BCUT2D eigenvalue weighted by molar-refractivity contribution is 7.80. The van der Waals surface area contributed by atoms with E-state index in [1.54, 1.807) is 0 Å². The lowest BCUT2D eigenvalue weighted by molar-refractivity contribution is 1.18. The number of rotatable bonds is 8. The van der Waals surface area contributed by atoms with E-state index in [0.717, 1.165) is 17.2 Å². The Bertz CT molecular complexity index is 1160. The molecule has 0 saturated heterocycles. The first-order chi connectivity index (χ1) is 17.3. The fraction of sp³-hybridized carbons (Fsp3) is 0.0625. The fourth-order valence-corrected chi connectivity index (χ4v) is 9.56. The lowest BCUT2D eigenvalue weighted by atomic mass is 10.1. The molecule has 0 saturated carbocycles. The van der Waals surface area contributed by atoms with Crippen molar-refractivity contribution in [3.05, 3.63) is 151 Å². The van der Waals surface area contributed by atoms with Crippen molar-refractivity contribution in [2.24, 2.45) is 0 Å². The Labute approximate surface area is 217 Å². The topological polar surface area (TPSA) is 0 Å². The number of benzene rings is 5. The molecule has 0 heterocycles. The maximum atomic E-state index is 5.13. The van der Waals surface area contributed by atoms with E-state index in [2.05, 4.69) is 140 Å². The molecule has 0 fully saturated rings. The van der Waals surface area contributed by atoms with Crippen molar-refractivity contribution < 1.29 is 0 Å². The van der Waals surface area contributed by atoms with Gasteiger partial charge in [-0.1, -0.05) is 140 Å². The third kappa shape index (κ3) is 5.94. The summed E-state index contributed by atoms with van der Waals surface area (Å²) in [5, 5.41) is 5.62. The Morgan fingerprint density at radius 1 is 0.371 bits per heavy atom. The minimum absolute atomic E-state index is 0.507. The summed E-state index contributed by atoms with van der Waals surface area (Å²) in [5.74, 6) is 0. The molecule has 0 aliphatic rings. The van der Waals surface area contributed by atoms with Crippen molar-refractivity contribution in [2.45, 2.75) is 17.2 Å². The highest BCUT2D eigenvalue weighted by atomic mass is 32.1. The van der Waals surface area contributed by atoms with Crippen LogP contribution in [0.5, 0.6) is 0 Å². The van der Waals surface area contributed by atoms with Crippen LogP contribution in [0.25, 0.3) is 0 Å². The van der Waals surface area contributed by atoms with Gasteiger partial charge in [-0.3, -0.25) is 0 Å². The molecule has 0 unspecified atom stereocenters. The summed E-state index contributed by atoms with van der Waals surface area (Å²) in [6, 6.07) is 50.5. The highest BCUT2D eigenvalue weighted by Crippen LogP contribution is 2.43. The number of hydrogen-bond acceptors (Lipinski definition) is 1. The summed E-state index contributed by atoms with van der Waals surface area (Å²) in [4.78, 5) is 1.14. The second-order valence-electron chi connectivity index (χ2n) is 8.44. The first-order valence-corrected chi connectivity index (χ1v) is 15.3. The van der Waals surface area contributed by atoms with Gasteiger partial charge in [0.25, 0.3) is 0 Å². The van der Waals surface area contributed by atoms with Gasteiger partial charge in [0.2, 0.25) is 0 Å². The zero-order valence-corrected chi connectivity index (χ0v) is 22.2. The van der Waals surface area contributed by atoms with Crippen LogP contribution in [0.15, 0.2) is 144 Å². The molecule has 0 aliphatic heterocycles. The van der Waals surface area contributed by atoms with Gasteiger partial charge in [-0.2, -0.15) is 0 Å². The van der Waals surface area contributed by atoms with Gasteiger partial charge < -0.3 is 0 Å². The number of thiol groups is 1. The standard InChI is InChI=1S/C32H28P2S/c35-32-26(24-33(28-16-5-1-6-17-28)29-18-7-2-8-19-29)14-13-15-27(32)25-34(30-20-9-3-10-21-30)31-22-11-4-12-23-31/h1-23,35H,24-25H2. The van der Waals surface area contributed by atoms with Crippen LogP contribution in [-0.2, 0) is 12.3 Å². The van der Waals surface area contributed by atoms with Crippen LogP contribution in [0.4, 0.5) is 0 Å². The average Bonchev–Trinajstić information content (AvgIpc) is 2.94. The molecule has 0 nitrogen and oxygen atoms in total. The predicted octanol–water partition coefficient (Wildman–Crippen LogP) is 7.24. The molecule has 35 heavy (non-hydrogen) atoms.